The molecule has 2 aromatic carbocycles. The second-order valence-corrected chi connectivity index (χ2v) is 5.82. The lowest BCUT2D eigenvalue weighted by atomic mass is 10.1. The van der Waals surface area contributed by atoms with Crippen LogP contribution in [0.3, 0.4) is 0 Å². The smallest absolute Gasteiger partial charge is 0.271 e. The monoisotopic (exact) mass is 368 g/mol. The standard InChI is InChI=1S/C18H13ClN4O3/c19-18-14(9-13-6-7-15(23(25)26)10-16(13)21-18)11-20-22-17(24)8-12-4-2-1-3-5-12/h1-7,9-11H,8H2,(H,22,24)/b20-11-. The molecule has 1 amide bonds. The number of hydrogen-bond acceptors (Lipinski definition) is 5. The lowest BCUT2D eigenvalue weighted by Crippen LogP contribution is -2.19. The minimum Gasteiger partial charge on any atom is -0.273 e. The molecule has 0 bridgehead atoms. The van der Waals surface area contributed by atoms with Gasteiger partial charge in [0.25, 0.3) is 5.69 Å². The molecular weight excluding hydrogens is 356 g/mol. The van der Waals surface area contributed by atoms with Gasteiger partial charge in [0.15, 0.2) is 0 Å². The van der Waals surface area contributed by atoms with Gasteiger partial charge in [-0.2, -0.15) is 5.10 Å². The number of benzene rings is 2. The lowest BCUT2D eigenvalue weighted by molar-refractivity contribution is -0.384. The number of carbonyl (C=O) groups is 1. The first-order valence-corrected chi connectivity index (χ1v) is 8.01. The van der Waals surface area contributed by atoms with Crippen LogP contribution in [0.5, 0.6) is 0 Å². The normalized spacial score (nSPS) is 11.0. The number of aromatic nitrogens is 1. The van der Waals surface area contributed by atoms with Gasteiger partial charge in [0, 0.05) is 23.1 Å². The number of nitrogens with zero attached hydrogens (tertiary/aromatic N) is 3. The van der Waals surface area contributed by atoms with E-state index >= 15 is 0 Å². The topological polar surface area (TPSA) is 97.5 Å². The summed E-state index contributed by atoms with van der Waals surface area (Å²) in [5.41, 5.74) is 4.16. The number of nitro groups is 1. The number of pyridine rings is 1. The third-order valence-electron chi connectivity index (χ3n) is 3.59. The van der Waals surface area contributed by atoms with Gasteiger partial charge in [-0.25, -0.2) is 10.4 Å². The second kappa shape index (κ2) is 7.71. The van der Waals surface area contributed by atoms with Crippen LogP contribution in [-0.2, 0) is 11.2 Å². The van der Waals surface area contributed by atoms with Crippen LogP contribution in [0.1, 0.15) is 11.1 Å². The number of hydrogen-bond donors (Lipinski definition) is 1. The molecule has 0 saturated heterocycles. The Hall–Kier alpha value is -3.32. The van der Waals surface area contributed by atoms with E-state index in [1.807, 2.05) is 30.3 Å². The van der Waals surface area contributed by atoms with Crippen LogP contribution in [0.15, 0.2) is 59.7 Å². The van der Waals surface area contributed by atoms with Crippen molar-refractivity contribution in [2.24, 2.45) is 5.10 Å². The van der Waals surface area contributed by atoms with E-state index in [0.29, 0.717) is 16.5 Å². The number of nitro benzene ring substituents is 1. The summed E-state index contributed by atoms with van der Waals surface area (Å²) >= 11 is 6.10. The van der Waals surface area contributed by atoms with Crippen molar-refractivity contribution in [2.75, 3.05) is 0 Å². The Morgan fingerprint density at radius 1 is 1.23 bits per heavy atom. The highest BCUT2D eigenvalue weighted by molar-refractivity contribution is 6.32. The molecule has 1 aromatic heterocycles. The first-order valence-electron chi connectivity index (χ1n) is 7.63. The van der Waals surface area contributed by atoms with Gasteiger partial charge in [-0.05, 0) is 17.7 Å². The first kappa shape index (κ1) is 17.5. The highest BCUT2D eigenvalue weighted by Gasteiger charge is 2.09. The number of halogens is 1. The zero-order chi connectivity index (χ0) is 18.5. The highest BCUT2D eigenvalue weighted by atomic mass is 35.5. The molecule has 1 N–H and O–H groups in total. The summed E-state index contributed by atoms with van der Waals surface area (Å²) in [6.45, 7) is 0. The average Bonchev–Trinajstić information content (AvgIpc) is 2.62. The molecule has 0 unspecified atom stereocenters. The zero-order valence-electron chi connectivity index (χ0n) is 13.4. The number of nitrogens with one attached hydrogen (secondary N) is 1. The Labute approximate surface area is 153 Å². The van der Waals surface area contributed by atoms with Crippen molar-refractivity contribution < 1.29 is 9.72 Å². The van der Waals surface area contributed by atoms with Gasteiger partial charge in [-0.15, -0.1) is 0 Å². The second-order valence-electron chi connectivity index (χ2n) is 5.46. The fourth-order valence-corrected chi connectivity index (χ4v) is 2.54. The highest BCUT2D eigenvalue weighted by Crippen LogP contribution is 2.23. The molecule has 3 rings (SSSR count). The molecule has 0 radical (unpaired) electrons. The van der Waals surface area contributed by atoms with Crippen molar-refractivity contribution in [2.45, 2.75) is 6.42 Å². The van der Waals surface area contributed by atoms with Crippen LogP contribution in [-0.4, -0.2) is 22.0 Å². The molecule has 7 nitrogen and oxygen atoms in total. The van der Waals surface area contributed by atoms with Crippen molar-refractivity contribution in [3.63, 3.8) is 0 Å². The maximum Gasteiger partial charge on any atom is 0.271 e. The van der Waals surface area contributed by atoms with Crippen LogP contribution >= 0.6 is 11.6 Å². The maximum absolute atomic E-state index is 11.9. The number of non-ortho nitro benzene ring substituents is 1. The molecular formula is C18H13ClN4O3. The van der Waals surface area contributed by atoms with Gasteiger partial charge < -0.3 is 0 Å². The molecule has 26 heavy (non-hydrogen) atoms. The Morgan fingerprint density at radius 3 is 2.73 bits per heavy atom. The molecule has 0 aliphatic carbocycles. The summed E-state index contributed by atoms with van der Waals surface area (Å²) in [5.74, 6) is -0.257. The SMILES string of the molecule is O=C(Cc1ccccc1)N/N=C\c1cc2ccc([N+](=O)[O-])cc2nc1Cl. The summed E-state index contributed by atoms with van der Waals surface area (Å²) in [5, 5.41) is 15.5. The molecule has 0 spiro atoms. The molecule has 3 aromatic rings. The Kier molecular flexibility index (Phi) is 5.19. The van der Waals surface area contributed by atoms with Crippen LogP contribution in [0.4, 0.5) is 5.69 Å². The molecule has 1 heterocycles. The lowest BCUT2D eigenvalue weighted by Gasteiger charge is -2.03. The van der Waals surface area contributed by atoms with E-state index in [1.165, 1.54) is 18.3 Å². The average molecular weight is 369 g/mol. The van der Waals surface area contributed by atoms with Crippen LogP contribution in [0.2, 0.25) is 5.15 Å². The van der Waals surface area contributed by atoms with Crippen LogP contribution in [0.25, 0.3) is 10.9 Å². The Morgan fingerprint density at radius 2 is 2.00 bits per heavy atom. The summed E-state index contributed by atoms with van der Waals surface area (Å²) in [6.07, 6.45) is 1.60. The molecule has 0 atom stereocenters. The summed E-state index contributed by atoms with van der Waals surface area (Å²) in [6, 6.07) is 15.3. The van der Waals surface area contributed by atoms with Gasteiger partial charge in [0.2, 0.25) is 5.91 Å². The third-order valence-corrected chi connectivity index (χ3v) is 3.90. The van der Waals surface area contributed by atoms with Gasteiger partial charge in [0.05, 0.1) is 23.1 Å². The van der Waals surface area contributed by atoms with E-state index in [9.17, 15) is 14.9 Å². The van der Waals surface area contributed by atoms with Crippen molar-refractivity contribution in [3.05, 3.63) is 81.0 Å². The van der Waals surface area contributed by atoms with E-state index in [1.54, 1.807) is 12.1 Å². The maximum atomic E-state index is 11.9. The van der Waals surface area contributed by atoms with E-state index in [-0.39, 0.29) is 23.2 Å². The fraction of sp³-hybridized carbons (Fsp3) is 0.0556. The summed E-state index contributed by atoms with van der Waals surface area (Å²) < 4.78 is 0. The van der Waals surface area contributed by atoms with Gasteiger partial charge in [0.1, 0.15) is 5.15 Å². The minimum absolute atomic E-state index is 0.0596. The molecule has 8 heteroatoms. The van der Waals surface area contributed by atoms with E-state index in [4.69, 9.17) is 11.6 Å². The van der Waals surface area contributed by atoms with Crippen molar-refractivity contribution in [1.29, 1.82) is 0 Å². The molecule has 0 aliphatic heterocycles. The summed E-state index contributed by atoms with van der Waals surface area (Å²) in [4.78, 5) is 26.3. The van der Waals surface area contributed by atoms with Gasteiger partial charge >= 0.3 is 0 Å². The predicted octanol–water partition coefficient (Wildman–Crippen LogP) is 3.49. The van der Waals surface area contributed by atoms with Gasteiger partial charge in [-0.3, -0.25) is 14.9 Å². The largest absolute Gasteiger partial charge is 0.273 e. The molecule has 0 fully saturated rings. The van der Waals surface area contributed by atoms with E-state index in [0.717, 1.165) is 5.56 Å². The first-order chi connectivity index (χ1) is 12.5. The number of carbonyl (C=O) groups excluding carboxylic acids is 1. The predicted molar refractivity (Wildman–Crippen MR) is 99.3 cm³/mol. The van der Waals surface area contributed by atoms with Gasteiger partial charge in [-0.1, -0.05) is 41.9 Å². The molecule has 130 valence electrons. The minimum atomic E-state index is -0.493. The number of fused-ring (bicyclic) bond motifs is 1. The quantitative estimate of drug-likeness (QED) is 0.322. The van der Waals surface area contributed by atoms with Crippen molar-refractivity contribution in [3.8, 4) is 0 Å². The summed E-state index contributed by atoms with van der Waals surface area (Å²) in [7, 11) is 0. The van der Waals surface area contributed by atoms with Crippen LogP contribution in [0, 0.1) is 10.1 Å². The van der Waals surface area contributed by atoms with Crippen LogP contribution < -0.4 is 5.43 Å². The Balaban J connectivity index is 1.72. The molecule has 0 saturated carbocycles. The zero-order valence-corrected chi connectivity index (χ0v) is 14.2. The fourth-order valence-electron chi connectivity index (χ4n) is 2.35. The molecule has 0 aliphatic rings. The number of rotatable bonds is 5. The van der Waals surface area contributed by atoms with Crippen molar-refractivity contribution >= 4 is 40.3 Å². The van der Waals surface area contributed by atoms with E-state index < -0.39 is 4.92 Å². The number of hydrazone groups is 1. The third kappa shape index (κ3) is 4.20. The number of amides is 1. The Bertz CT molecular complexity index is 1010. The van der Waals surface area contributed by atoms with Crippen molar-refractivity contribution in [1.82, 2.24) is 10.4 Å². The van der Waals surface area contributed by atoms with E-state index in [2.05, 4.69) is 15.5 Å².